The number of nitrogens with zero attached hydrogens (tertiary/aromatic N) is 3. The third-order valence-electron chi connectivity index (χ3n) is 3.92. The largest absolute Gasteiger partial charge is 0.495 e. The fourth-order valence-corrected chi connectivity index (χ4v) is 2.55. The van der Waals surface area contributed by atoms with Gasteiger partial charge in [-0.3, -0.25) is 4.79 Å². The van der Waals surface area contributed by atoms with Gasteiger partial charge in [-0.2, -0.15) is 5.21 Å². The highest BCUT2D eigenvalue weighted by atomic mass is 16.5. The molecule has 0 spiro atoms. The number of nitrogens with one attached hydrogen (secondary N) is 2. The number of anilines is 1. The van der Waals surface area contributed by atoms with E-state index in [0.29, 0.717) is 23.7 Å². The second-order valence-electron chi connectivity index (χ2n) is 5.70. The molecule has 0 radical (unpaired) electrons. The number of para-hydroxylation sites is 2. The van der Waals surface area contributed by atoms with Crippen LogP contribution in [-0.2, 0) is 11.2 Å². The van der Waals surface area contributed by atoms with Gasteiger partial charge < -0.3 is 10.1 Å². The number of aromatic amines is 1. The zero-order chi connectivity index (χ0) is 17.6. The number of ether oxygens (including phenoxy) is 1. The second-order valence-corrected chi connectivity index (χ2v) is 5.70. The molecule has 3 rings (SSSR count). The number of tetrazole rings is 1. The molecule has 1 amide bonds. The number of H-pyrrole nitrogens is 1. The van der Waals surface area contributed by atoms with Gasteiger partial charge >= 0.3 is 0 Å². The van der Waals surface area contributed by atoms with Crippen molar-refractivity contribution in [2.45, 2.75) is 19.3 Å². The minimum atomic E-state index is -0.564. The van der Waals surface area contributed by atoms with Gasteiger partial charge in [0.25, 0.3) is 0 Å². The molecule has 3 aromatic rings. The van der Waals surface area contributed by atoms with Crippen molar-refractivity contribution in [1.29, 1.82) is 0 Å². The van der Waals surface area contributed by atoms with Crippen LogP contribution in [0.3, 0.4) is 0 Å². The number of amides is 1. The van der Waals surface area contributed by atoms with Crippen molar-refractivity contribution in [3.63, 3.8) is 0 Å². The van der Waals surface area contributed by atoms with Gasteiger partial charge in [0.1, 0.15) is 11.7 Å². The van der Waals surface area contributed by atoms with Crippen molar-refractivity contribution in [2.75, 3.05) is 12.4 Å². The summed E-state index contributed by atoms with van der Waals surface area (Å²) in [4.78, 5) is 12.9. The maximum Gasteiger partial charge on any atom is 0.235 e. The van der Waals surface area contributed by atoms with E-state index in [2.05, 4.69) is 25.9 Å². The zero-order valence-corrected chi connectivity index (χ0v) is 14.1. The highest BCUT2D eigenvalue weighted by Crippen LogP contribution is 2.26. The summed E-state index contributed by atoms with van der Waals surface area (Å²) in [6.07, 6.45) is 0.473. The summed E-state index contributed by atoms with van der Waals surface area (Å²) >= 11 is 0. The average molecular weight is 337 g/mol. The molecule has 0 saturated heterocycles. The maximum absolute atomic E-state index is 12.9. The molecule has 2 aromatic carbocycles. The monoisotopic (exact) mass is 337 g/mol. The Hall–Kier alpha value is -3.22. The van der Waals surface area contributed by atoms with E-state index in [1.165, 1.54) is 5.56 Å². The van der Waals surface area contributed by atoms with E-state index >= 15 is 0 Å². The summed E-state index contributed by atoms with van der Waals surface area (Å²) in [6.45, 7) is 2.02. The van der Waals surface area contributed by atoms with Crippen molar-refractivity contribution in [2.24, 2.45) is 0 Å². The van der Waals surface area contributed by atoms with Gasteiger partial charge in [-0.05, 0) is 31.0 Å². The van der Waals surface area contributed by atoms with E-state index in [1.807, 2.05) is 43.3 Å². The van der Waals surface area contributed by atoms with Gasteiger partial charge in [0.15, 0.2) is 5.82 Å². The number of carbonyl (C=O) groups excluding carboxylic acids is 1. The molecule has 0 aliphatic heterocycles. The summed E-state index contributed by atoms with van der Waals surface area (Å²) in [7, 11) is 1.56. The first-order valence-electron chi connectivity index (χ1n) is 7.90. The predicted molar refractivity (Wildman–Crippen MR) is 93.4 cm³/mol. The predicted octanol–water partition coefficient (Wildman–Crippen LogP) is 2.48. The second kappa shape index (κ2) is 7.57. The molecule has 0 unspecified atom stereocenters. The zero-order valence-electron chi connectivity index (χ0n) is 14.1. The van der Waals surface area contributed by atoms with Gasteiger partial charge in [-0.1, -0.05) is 47.2 Å². The van der Waals surface area contributed by atoms with E-state index in [1.54, 1.807) is 19.2 Å². The first kappa shape index (κ1) is 16.6. The average Bonchev–Trinajstić information content (AvgIpc) is 3.16. The molecular formula is C18H19N5O2. The van der Waals surface area contributed by atoms with Crippen molar-refractivity contribution >= 4 is 11.6 Å². The van der Waals surface area contributed by atoms with Crippen molar-refractivity contribution in [3.8, 4) is 5.75 Å². The molecule has 0 aliphatic rings. The number of benzene rings is 2. The van der Waals surface area contributed by atoms with Crippen molar-refractivity contribution in [3.05, 3.63) is 65.5 Å². The molecule has 2 N–H and O–H groups in total. The van der Waals surface area contributed by atoms with E-state index in [9.17, 15) is 4.79 Å². The molecule has 0 aliphatic carbocycles. The number of carbonyl (C=O) groups is 1. The van der Waals surface area contributed by atoms with Crippen LogP contribution in [-0.4, -0.2) is 33.6 Å². The molecule has 128 valence electrons. The van der Waals surface area contributed by atoms with Crippen LogP contribution in [0.15, 0.2) is 48.5 Å². The van der Waals surface area contributed by atoms with Crippen LogP contribution in [0.4, 0.5) is 5.69 Å². The van der Waals surface area contributed by atoms with Crippen LogP contribution in [0.1, 0.15) is 22.9 Å². The third kappa shape index (κ3) is 4.00. The number of hydrogen-bond acceptors (Lipinski definition) is 5. The molecule has 7 heteroatoms. The lowest BCUT2D eigenvalue weighted by Crippen LogP contribution is -2.24. The molecule has 0 bridgehead atoms. The van der Waals surface area contributed by atoms with Crippen molar-refractivity contribution in [1.82, 2.24) is 20.6 Å². The number of methoxy groups -OCH3 is 1. The summed E-state index contributed by atoms with van der Waals surface area (Å²) in [6, 6.07) is 15.3. The standard InChI is InChI=1S/C18H19N5O2/c1-12-7-9-13(10-8-12)11-14(17-20-22-23-21-17)18(24)19-15-5-3-4-6-16(15)25-2/h3-10,14H,11H2,1-2H3,(H,19,24)(H,20,21,22,23)/t14-/m0/s1. The fourth-order valence-electron chi connectivity index (χ4n) is 2.55. The number of aryl methyl sites for hydroxylation is 1. The minimum absolute atomic E-state index is 0.216. The fraction of sp³-hybridized carbons (Fsp3) is 0.222. The highest BCUT2D eigenvalue weighted by molar-refractivity contribution is 5.96. The summed E-state index contributed by atoms with van der Waals surface area (Å²) < 4.78 is 5.28. The Bertz CT molecular complexity index is 831. The molecule has 7 nitrogen and oxygen atoms in total. The molecule has 25 heavy (non-hydrogen) atoms. The smallest absolute Gasteiger partial charge is 0.235 e. The molecule has 0 fully saturated rings. The SMILES string of the molecule is COc1ccccc1NC(=O)[C@@H](Cc1ccc(C)cc1)c1nn[nH]n1. The molecule has 1 aromatic heterocycles. The normalized spacial score (nSPS) is 11.8. The van der Waals surface area contributed by atoms with Crippen LogP contribution in [0, 0.1) is 6.92 Å². The molecular weight excluding hydrogens is 318 g/mol. The third-order valence-corrected chi connectivity index (χ3v) is 3.92. The summed E-state index contributed by atoms with van der Waals surface area (Å²) in [5.74, 6) is 0.170. The van der Waals surface area contributed by atoms with E-state index in [0.717, 1.165) is 5.56 Å². The van der Waals surface area contributed by atoms with E-state index in [-0.39, 0.29) is 5.91 Å². The number of aromatic nitrogens is 4. The maximum atomic E-state index is 12.9. The van der Waals surface area contributed by atoms with Gasteiger partial charge in [0, 0.05) is 0 Å². The molecule has 1 heterocycles. The van der Waals surface area contributed by atoms with Gasteiger partial charge in [0.05, 0.1) is 12.8 Å². The lowest BCUT2D eigenvalue weighted by molar-refractivity contribution is -0.117. The summed E-state index contributed by atoms with van der Waals surface area (Å²) in [5, 5.41) is 16.9. The Morgan fingerprint density at radius 2 is 1.96 bits per heavy atom. The Balaban J connectivity index is 1.84. The van der Waals surface area contributed by atoms with Crippen LogP contribution >= 0.6 is 0 Å². The van der Waals surface area contributed by atoms with Gasteiger partial charge in [0.2, 0.25) is 5.91 Å². The Morgan fingerprint density at radius 3 is 2.64 bits per heavy atom. The lowest BCUT2D eigenvalue weighted by Gasteiger charge is -2.15. The Morgan fingerprint density at radius 1 is 1.20 bits per heavy atom. The van der Waals surface area contributed by atoms with Crippen LogP contribution in [0.2, 0.25) is 0 Å². The molecule has 0 saturated carbocycles. The van der Waals surface area contributed by atoms with Crippen LogP contribution < -0.4 is 10.1 Å². The first-order valence-corrected chi connectivity index (χ1v) is 7.90. The number of rotatable bonds is 6. The number of hydrogen-bond donors (Lipinski definition) is 2. The van der Waals surface area contributed by atoms with Gasteiger partial charge in [-0.15, -0.1) is 10.2 Å². The van der Waals surface area contributed by atoms with Crippen LogP contribution in [0.25, 0.3) is 0 Å². The minimum Gasteiger partial charge on any atom is -0.495 e. The Kier molecular flexibility index (Phi) is 5.03. The topological polar surface area (TPSA) is 92.8 Å². The van der Waals surface area contributed by atoms with Crippen LogP contribution in [0.5, 0.6) is 5.75 Å². The summed E-state index contributed by atoms with van der Waals surface area (Å²) in [5.41, 5.74) is 2.79. The molecule has 1 atom stereocenters. The first-order chi connectivity index (χ1) is 12.2. The van der Waals surface area contributed by atoms with E-state index < -0.39 is 5.92 Å². The van der Waals surface area contributed by atoms with E-state index in [4.69, 9.17) is 4.74 Å². The quantitative estimate of drug-likeness (QED) is 0.721. The highest BCUT2D eigenvalue weighted by Gasteiger charge is 2.26. The van der Waals surface area contributed by atoms with Crippen molar-refractivity contribution < 1.29 is 9.53 Å². The lowest BCUT2D eigenvalue weighted by atomic mass is 9.97. The Labute approximate surface area is 145 Å². The van der Waals surface area contributed by atoms with Gasteiger partial charge in [-0.25, -0.2) is 0 Å².